The van der Waals surface area contributed by atoms with Crippen molar-refractivity contribution < 1.29 is 4.79 Å². The summed E-state index contributed by atoms with van der Waals surface area (Å²) in [5.41, 5.74) is 0.928. The molecule has 1 aliphatic heterocycles. The molecule has 1 saturated heterocycles. The summed E-state index contributed by atoms with van der Waals surface area (Å²) in [4.78, 5) is 21.2. The van der Waals surface area contributed by atoms with E-state index in [0.29, 0.717) is 29.9 Å². The van der Waals surface area contributed by atoms with Crippen LogP contribution in [0.5, 0.6) is 0 Å². The number of amides is 1. The standard InChI is InChI=1S/C8H7ClN6O/c9-4-1-5(16)15(2-4)8-6-7(10-3-11-8)13-14-12-6/h3-4H,1-2H2,(H,10,11,12,13,14). The van der Waals surface area contributed by atoms with Gasteiger partial charge in [-0.3, -0.25) is 9.69 Å². The highest BCUT2D eigenvalue weighted by Gasteiger charge is 2.31. The molecule has 3 rings (SSSR count). The molecule has 1 amide bonds. The predicted octanol–water partition coefficient (Wildman–Crippen LogP) is 0.0920. The molecule has 82 valence electrons. The van der Waals surface area contributed by atoms with Crippen molar-refractivity contribution in [2.45, 2.75) is 11.8 Å². The predicted molar refractivity (Wildman–Crippen MR) is 56.1 cm³/mol. The molecule has 0 aromatic carbocycles. The fourth-order valence-electron chi connectivity index (χ4n) is 1.73. The van der Waals surface area contributed by atoms with Crippen molar-refractivity contribution in [3.8, 4) is 0 Å². The van der Waals surface area contributed by atoms with Crippen molar-refractivity contribution in [3.63, 3.8) is 0 Å². The smallest absolute Gasteiger partial charge is 0.229 e. The van der Waals surface area contributed by atoms with E-state index in [1.807, 2.05) is 0 Å². The number of halogens is 1. The number of aromatic nitrogens is 5. The second kappa shape index (κ2) is 3.38. The Kier molecular flexibility index (Phi) is 2.00. The number of fused-ring (bicyclic) bond motifs is 1. The van der Waals surface area contributed by atoms with Crippen molar-refractivity contribution >= 4 is 34.5 Å². The minimum Gasteiger partial charge on any atom is -0.293 e. The molecule has 2 aromatic heterocycles. The van der Waals surface area contributed by atoms with Crippen molar-refractivity contribution in [2.24, 2.45) is 0 Å². The van der Waals surface area contributed by atoms with Gasteiger partial charge >= 0.3 is 0 Å². The van der Waals surface area contributed by atoms with Gasteiger partial charge in [0.1, 0.15) is 6.33 Å². The Morgan fingerprint density at radius 1 is 1.44 bits per heavy atom. The molecule has 8 heteroatoms. The van der Waals surface area contributed by atoms with Gasteiger partial charge in [-0.15, -0.1) is 16.7 Å². The maximum atomic E-state index is 11.7. The summed E-state index contributed by atoms with van der Waals surface area (Å²) in [6, 6.07) is 0. The Hall–Kier alpha value is -1.76. The van der Waals surface area contributed by atoms with E-state index < -0.39 is 0 Å². The Morgan fingerprint density at radius 2 is 2.31 bits per heavy atom. The molecule has 16 heavy (non-hydrogen) atoms. The van der Waals surface area contributed by atoms with Crippen LogP contribution >= 0.6 is 11.6 Å². The highest BCUT2D eigenvalue weighted by molar-refractivity contribution is 6.24. The summed E-state index contributed by atoms with van der Waals surface area (Å²) in [7, 11) is 0. The highest BCUT2D eigenvalue weighted by Crippen LogP contribution is 2.25. The molecule has 2 aromatic rings. The van der Waals surface area contributed by atoms with Crippen LogP contribution in [0.15, 0.2) is 6.33 Å². The van der Waals surface area contributed by atoms with Gasteiger partial charge < -0.3 is 0 Å². The summed E-state index contributed by atoms with van der Waals surface area (Å²) < 4.78 is 0. The number of H-pyrrole nitrogens is 1. The molecule has 7 nitrogen and oxygen atoms in total. The molecule has 3 heterocycles. The minimum absolute atomic E-state index is 0.0528. The zero-order chi connectivity index (χ0) is 11.1. The second-order valence-corrected chi connectivity index (χ2v) is 4.12. The third-order valence-corrected chi connectivity index (χ3v) is 2.73. The quantitative estimate of drug-likeness (QED) is 0.712. The maximum Gasteiger partial charge on any atom is 0.229 e. The van der Waals surface area contributed by atoms with Gasteiger partial charge in [-0.2, -0.15) is 10.3 Å². The van der Waals surface area contributed by atoms with Crippen LogP contribution in [0.25, 0.3) is 11.2 Å². The van der Waals surface area contributed by atoms with Crippen molar-refractivity contribution in [3.05, 3.63) is 6.33 Å². The van der Waals surface area contributed by atoms with Crippen LogP contribution in [0.4, 0.5) is 5.82 Å². The highest BCUT2D eigenvalue weighted by atomic mass is 35.5. The first-order valence-electron chi connectivity index (χ1n) is 4.71. The first kappa shape index (κ1) is 9.46. The van der Waals surface area contributed by atoms with Crippen LogP contribution < -0.4 is 4.90 Å². The Labute approximate surface area is 94.8 Å². The fourth-order valence-corrected chi connectivity index (χ4v) is 2.00. The fraction of sp³-hybridized carbons (Fsp3) is 0.375. The molecule has 1 aliphatic rings. The molecule has 0 saturated carbocycles. The molecule has 0 aliphatic carbocycles. The van der Waals surface area contributed by atoms with E-state index in [4.69, 9.17) is 11.6 Å². The van der Waals surface area contributed by atoms with Crippen LogP contribution in [0.2, 0.25) is 0 Å². The number of aromatic amines is 1. The summed E-state index contributed by atoms with van der Waals surface area (Å²) in [5, 5.41) is 10.0. The molecule has 0 bridgehead atoms. The Bertz CT molecular complexity index is 554. The second-order valence-electron chi connectivity index (χ2n) is 3.50. The Balaban J connectivity index is 2.12. The lowest BCUT2D eigenvalue weighted by molar-refractivity contribution is -0.117. The summed E-state index contributed by atoms with van der Waals surface area (Å²) in [5.74, 6) is 0.412. The average Bonchev–Trinajstić information content (AvgIpc) is 2.84. The lowest BCUT2D eigenvalue weighted by Gasteiger charge is -2.13. The monoisotopic (exact) mass is 238 g/mol. The summed E-state index contributed by atoms with van der Waals surface area (Å²) in [6.07, 6.45) is 1.68. The van der Waals surface area contributed by atoms with Gasteiger partial charge in [0.2, 0.25) is 11.6 Å². The van der Waals surface area contributed by atoms with Gasteiger partial charge in [0.05, 0.1) is 5.38 Å². The lowest BCUT2D eigenvalue weighted by atomic mass is 10.4. The average molecular weight is 239 g/mol. The number of carbonyl (C=O) groups is 1. The number of anilines is 1. The van der Waals surface area contributed by atoms with Crippen molar-refractivity contribution in [2.75, 3.05) is 11.4 Å². The molecule has 1 N–H and O–H groups in total. The zero-order valence-electron chi connectivity index (χ0n) is 8.09. The zero-order valence-corrected chi connectivity index (χ0v) is 8.85. The van der Waals surface area contributed by atoms with Crippen LogP contribution in [0.1, 0.15) is 6.42 Å². The number of hydrogen-bond acceptors (Lipinski definition) is 5. The first-order valence-corrected chi connectivity index (χ1v) is 5.15. The van der Waals surface area contributed by atoms with E-state index >= 15 is 0 Å². The van der Waals surface area contributed by atoms with Crippen molar-refractivity contribution in [1.29, 1.82) is 0 Å². The normalized spacial score (nSPS) is 20.9. The van der Waals surface area contributed by atoms with Crippen LogP contribution in [0, 0.1) is 0 Å². The third kappa shape index (κ3) is 1.32. The SMILES string of the molecule is O=C1CC(Cl)CN1c1ncnc2n[nH]nc12. The number of alkyl halides is 1. The van der Waals surface area contributed by atoms with E-state index in [0.717, 1.165) is 0 Å². The summed E-state index contributed by atoms with van der Waals surface area (Å²) >= 11 is 5.93. The molecular weight excluding hydrogens is 232 g/mol. The molecule has 1 atom stereocenters. The number of nitrogens with one attached hydrogen (secondary N) is 1. The topological polar surface area (TPSA) is 87.7 Å². The van der Waals surface area contributed by atoms with Crippen LogP contribution in [0.3, 0.4) is 0 Å². The minimum atomic E-state index is -0.176. The maximum absolute atomic E-state index is 11.7. The van der Waals surface area contributed by atoms with E-state index in [2.05, 4.69) is 25.4 Å². The van der Waals surface area contributed by atoms with E-state index in [9.17, 15) is 4.79 Å². The van der Waals surface area contributed by atoms with E-state index in [-0.39, 0.29) is 11.3 Å². The van der Waals surface area contributed by atoms with E-state index in [1.54, 1.807) is 0 Å². The van der Waals surface area contributed by atoms with Crippen LogP contribution in [-0.2, 0) is 4.79 Å². The first-order chi connectivity index (χ1) is 7.75. The molecule has 0 radical (unpaired) electrons. The molecular formula is C8H7ClN6O. The van der Waals surface area contributed by atoms with Gasteiger partial charge in [0, 0.05) is 13.0 Å². The summed E-state index contributed by atoms with van der Waals surface area (Å²) in [6.45, 7) is 0.444. The van der Waals surface area contributed by atoms with Crippen molar-refractivity contribution in [1.82, 2.24) is 25.4 Å². The largest absolute Gasteiger partial charge is 0.293 e. The van der Waals surface area contributed by atoms with Gasteiger partial charge in [-0.05, 0) is 0 Å². The number of hydrogen-bond donors (Lipinski definition) is 1. The van der Waals surface area contributed by atoms with Gasteiger partial charge in [0.15, 0.2) is 11.3 Å². The van der Waals surface area contributed by atoms with Gasteiger partial charge in [-0.25, -0.2) is 9.97 Å². The van der Waals surface area contributed by atoms with E-state index in [1.165, 1.54) is 11.2 Å². The number of carbonyl (C=O) groups excluding carboxylic acids is 1. The third-order valence-electron chi connectivity index (χ3n) is 2.43. The number of nitrogens with zero attached hydrogens (tertiary/aromatic N) is 5. The molecule has 1 unspecified atom stereocenters. The van der Waals surface area contributed by atoms with Gasteiger partial charge in [-0.1, -0.05) is 0 Å². The number of rotatable bonds is 1. The molecule has 0 spiro atoms. The Morgan fingerprint density at radius 3 is 3.06 bits per heavy atom. The van der Waals surface area contributed by atoms with Gasteiger partial charge in [0.25, 0.3) is 0 Å². The molecule has 1 fully saturated rings. The van der Waals surface area contributed by atoms with Crippen LogP contribution in [-0.4, -0.2) is 43.2 Å². The lowest BCUT2D eigenvalue weighted by Crippen LogP contribution is -2.26.